The van der Waals surface area contributed by atoms with E-state index < -0.39 is 5.97 Å². The van der Waals surface area contributed by atoms with Crippen molar-refractivity contribution in [2.45, 2.75) is 6.54 Å². The Balaban J connectivity index is 2.01. The Morgan fingerprint density at radius 1 is 1.16 bits per heavy atom. The van der Waals surface area contributed by atoms with Crippen LogP contribution < -0.4 is 5.32 Å². The fraction of sp³-hybridized carbons (Fsp3) is 0.0714. The third-order valence-electron chi connectivity index (χ3n) is 2.64. The molecular formula is C14H12ClNO3. The average molecular weight is 278 g/mol. The molecule has 3 N–H and O–H groups in total. The quantitative estimate of drug-likeness (QED) is 0.801. The van der Waals surface area contributed by atoms with Crippen molar-refractivity contribution in [2.75, 3.05) is 5.32 Å². The summed E-state index contributed by atoms with van der Waals surface area (Å²) in [6.07, 6.45) is 0. The number of hydrogen-bond acceptors (Lipinski definition) is 3. The Morgan fingerprint density at radius 3 is 2.42 bits per heavy atom. The van der Waals surface area contributed by atoms with Crippen LogP contribution in [0, 0.1) is 0 Å². The van der Waals surface area contributed by atoms with Gasteiger partial charge >= 0.3 is 5.97 Å². The second kappa shape index (κ2) is 5.63. The first kappa shape index (κ1) is 13.2. The zero-order chi connectivity index (χ0) is 13.8. The number of carboxylic acids is 1. The molecule has 0 heterocycles. The molecule has 19 heavy (non-hydrogen) atoms. The molecule has 0 aliphatic heterocycles. The summed E-state index contributed by atoms with van der Waals surface area (Å²) in [7, 11) is 0. The van der Waals surface area contributed by atoms with Gasteiger partial charge < -0.3 is 15.5 Å². The Bertz CT molecular complexity index is 596. The van der Waals surface area contributed by atoms with Crippen LogP contribution in [0.3, 0.4) is 0 Å². The zero-order valence-corrected chi connectivity index (χ0v) is 10.7. The van der Waals surface area contributed by atoms with E-state index >= 15 is 0 Å². The fourth-order valence-corrected chi connectivity index (χ4v) is 1.80. The van der Waals surface area contributed by atoms with Crippen LogP contribution in [0.2, 0.25) is 5.02 Å². The van der Waals surface area contributed by atoms with E-state index in [-0.39, 0.29) is 11.3 Å². The van der Waals surface area contributed by atoms with Crippen molar-refractivity contribution < 1.29 is 15.0 Å². The minimum absolute atomic E-state index is 0.0521. The molecule has 0 fully saturated rings. The molecule has 5 heteroatoms. The lowest BCUT2D eigenvalue weighted by atomic mass is 10.2. The van der Waals surface area contributed by atoms with E-state index in [0.717, 1.165) is 11.3 Å². The summed E-state index contributed by atoms with van der Waals surface area (Å²) in [4.78, 5) is 10.7. The smallest absolute Gasteiger partial charge is 0.335 e. The predicted octanol–water partition coefficient (Wildman–Crippen LogP) is 3.36. The number of benzene rings is 2. The molecule has 0 amide bonds. The standard InChI is InChI=1S/C14H12ClNO3/c15-12-7-9(1-6-13(12)17)8-16-11-4-2-10(3-5-11)14(18)19/h1-7,16-17H,8H2,(H,18,19). The van der Waals surface area contributed by atoms with Gasteiger partial charge in [0.15, 0.2) is 0 Å². The van der Waals surface area contributed by atoms with Crippen LogP contribution in [0.1, 0.15) is 15.9 Å². The van der Waals surface area contributed by atoms with Gasteiger partial charge in [-0.25, -0.2) is 4.79 Å². The lowest BCUT2D eigenvalue weighted by molar-refractivity contribution is 0.0697. The van der Waals surface area contributed by atoms with E-state index in [4.69, 9.17) is 16.7 Å². The number of carbonyl (C=O) groups is 1. The highest BCUT2D eigenvalue weighted by Gasteiger charge is 2.02. The Labute approximate surface area is 115 Å². The molecule has 0 aromatic heterocycles. The number of rotatable bonds is 4. The zero-order valence-electron chi connectivity index (χ0n) is 9.93. The number of nitrogens with one attached hydrogen (secondary N) is 1. The molecule has 0 spiro atoms. The highest BCUT2D eigenvalue weighted by atomic mass is 35.5. The first-order valence-electron chi connectivity index (χ1n) is 5.61. The minimum Gasteiger partial charge on any atom is -0.506 e. The molecular weight excluding hydrogens is 266 g/mol. The van der Waals surface area contributed by atoms with Crippen LogP contribution in [0.15, 0.2) is 42.5 Å². The van der Waals surface area contributed by atoms with E-state index in [1.54, 1.807) is 24.3 Å². The van der Waals surface area contributed by atoms with Gasteiger partial charge in [0.2, 0.25) is 0 Å². The molecule has 0 saturated carbocycles. The molecule has 0 unspecified atom stereocenters. The van der Waals surface area contributed by atoms with Crippen molar-refractivity contribution in [3.05, 3.63) is 58.6 Å². The number of carboxylic acid groups (broad SMARTS) is 1. The number of phenolic OH excluding ortho intramolecular Hbond substituents is 1. The van der Waals surface area contributed by atoms with Crippen LogP contribution in [0.4, 0.5) is 5.69 Å². The molecule has 2 rings (SSSR count). The molecule has 0 aliphatic carbocycles. The van der Waals surface area contributed by atoms with Gasteiger partial charge in [-0.1, -0.05) is 17.7 Å². The average Bonchev–Trinajstić information content (AvgIpc) is 2.40. The number of hydrogen-bond donors (Lipinski definition) is 3. The number of anilines is 1. The van der Waals surface area contributed by atoms with Crippen LogP contribution in [0.25, 0.3) is 0 Å². The highest BCUT2D eigenvalue weighted by Crippen LogP contribution is 2.24. The molecule has 0 bridgehead atoms. The topological polar surface area (TPSA) is 69.6 Å². The van der Waals surface area contributed by atoms with Gasteiger partial charge in [-0.05, 0) is 42.0 Å². The summed E-state index contributed by atoms with van der Waals surface area (Å²) < 4.78 is 0. The van der Waals surface area contributed by atoms with Gasteiger partial charge in [0.05, 0.1) is 10.6 Å². The van der Waals surface area contributed by atoms with Crippen molar-refractivity contribution in [1.82, 2.24) is 0 Å². The molecule has 2 aromatic rings. The summed E-state index contributed by atoms with van der Waals surface area (Å²) in [5.74, 6) is -0.895. The maximum Gasteiger partial charge on any atom is 0.335 e. The van der Waals surface area contributed by atoms with Crippen LogP contribution in [-0.2, 0) is 6.54 Å². The maximum absolute atomic E-state index is 10.7. The molecule has 98 valence electrons. The van der Waals surface area contributed by atoms with E-state index in [2.05, 4.69) is 5.32 Å². The molecule has 4 nitrogen and oxygen atoms in total. The van der Waals surface area contributed by atoms with Gasteiger partial charge in [0, 0.05) is 12.2 Å². The Morgan fingerprint density at radius 2 is 1.84 bits per heavy atom. The monoisotopic (exact) mass is 277 g/mol. The molecule has 0 atom stereocenters. The van der Waals surface area contributed by atoms with Crippen LogP contribution >= 0.6 is 11.6 Å². The van der Waals surface area contributed by atoms with Gasteiger partial charge in [0.1, 0.15) is 5.75 Å². The maximum atomic E-state index is 10.7. The van der Waals surface area contributed by atoms with Crippen molar-refractivity contribution >= 4 is 23.3 Å². The van der Waals surface area contributed by atoms with Gasteiger partial charge in [0.25, 0.3) is 0 Å². The van der Waals surface area contributed by atoms with Gasteiger partial charge in [-0.3, -0.25) is 0 Å². The van der Waals surface area contributed by atoms with Gasteiger partial charge in [-0.2, -0.15) is 0 Å². The third kappa shape index (κ3) is 3.39. The molecule has 0 aliphatic rings. The number of aromatic carboxylic acids is 1. The second-order valence-corrected chi connectivity index (χ2v) is 4.43. The number of halogens is 1. The largest absolute Gasteiger partial charge is 0.506 e. The third-order valence-corrected chi connectivity index (χ3v) is 2.94. The van der Waals surface area contributed by atoms with E-state index in [1.165, 1.54) is 18.2 Å². The second-order valence-electron chi connectivity index (χ2n) is 4.02. The van der Waals surface area contributed by atoms with E-state index in [1.807, 2.05) is 0 Å². The number of aromatic hydroxyl groups is 1. The minimum atomic E-state index is -0.947. The van der Waals surface area contributed by atoms with Crippen molar-refractivity contribution in [2.24, 2.45) is 0 Å². The summed E-state index contributed by atoms with van der Waals surface area (Å²) in [5, 5.41) is 21.5. The summed E-state index contributed by atoms with van der Waals surface area (Å²) >= 11 is 5.81. The van der Waals surface area contributed by atoms with Crippen molar-refractivity contribution in [3.63, 3.8) is 0 Å². The normalized spacial score (nSPS) is 10.2. The predicted molar refractivity (Wildman–Crippen MR) is 73.8 cm³/mol. The van der Waals surface area contributed by atoms with E-state index in [9.17, 15) is 9.90 Å². The molecule has 2 aromatic carbocycles. The number of phenols is 1. The van der Waals surface area contributed by atoms with Crippen LogP contribution in [-0.4, -0.2) is 16.2 Å². The lowest BCUT2D eigenvalue weighted by Crippen LogP contribution is -2.00. The summed E-state index contributed by atoms with van der Waals surface area (Å²) in [6.45, 7) is 0.534. The summed E-state index contributed by atoms with van der Waals surface area (Å²) in [6, 6.07) is 11.4. The van der Waals surface area contributed by atoms with Gasteiger partial charge in [-0.15, -0.1) is 0 Å². The Hall–Kier alpha value is -2.20. The highest BCUT2D eigenvalue weighted by molar-refractivity contribution is 6.32. The Kier molecular flexibility index (Phi) is 3.92. The fourth-order valence-electron chi connectivity index (χ4n) is 1.60. The lowest BCUT2D eigenvalue weighted by Gasteiger charge is -2.07. The SMILES string of the molecule is O=C(O)c1ccc(NCc2ccc(O)c(Cl)c2)cc1. The first-order valence-corrected chi connectivity index (χ1v) is 5.98. The van der Waals surface area contributed by atoms with Crippen molar-refractivity contribution in [1.29, 1.82) is 0 Å². The summed E-state index contributed by atoms with van der Waals surface area (Å²) in [5.41, 5.74) is 1.98. The molecule has 0 saturated heterocycles. The van der Waals surface area contributed by atoms with Crippen LogP contribution in [0.5, 0.6) is 5.75 Å². The van der Waals surface area contributed by atoms with E-state index in [0.29, 0.717) is 11.6 Å². The first-order chi connectivity index (χ1) is 9.06. The van der Waals surface area contributed by atoms with Crippen molar-refractivity contribution in [3.8, 4) is 5.75 Å². The molecule has 0 radical (unpaired) electrons.